The number of anilines is 1. The highest BCUT2D eigenvalue weighted by Gasteiger charge is 2.16. The van der Waals surface area contributed by atoms with E-state index in [0.29, 0.717) is 6.04 Å². The lowest BCUT2D eigenvalue weighted by Crippen LogP contribution is -2.09. The number of hydrogen-bond acceptors (Lipinski definition) is 1. The van der Waals surface area contributed by atoms with Crippen molar-refractivity contribution in [2.24, 2.45) is 0 Å². The van der Waals surface area contributed by atoms with E-state index >= 15 is 0 Å². The summed E-state index contributed by atoms with van der Waals surface area (Å²) in [5, 5.41) is 3.68. The molecule has 1 aliphatic rings. The average molecular weight is 223 g/mol. The number of hydrogen-bond donors (Lipinski definition) is 1. The maximum atomic E-state index is 3.68. The van der Waals surface area contributed by atoms with Gasteiger partial charge in [0.25, 0.3) is 0 Å². The Labute approximate surface area is 102 Å². The zero-order valence-electron chi connectivity index (χ0n) is 9.89. The number of aryl methyl sites for hydroxylation is 1. The van der Waals surface area contributed by atoms with Crippen LogP contribution in [0.2, 0.25) is 0 Å². The standard InChI is InChI=1S/C16H17N/c1-2-7-13(8-3-1)16-12-6-10-14-9-4-5-11-15(14)17-16/h1-5,7-9,11,16-17H,6,10,12H2/t16-/m0/s1. The van der Waals surface area contributed by atoms with Crippen molar-refractivity contribution in [3.05, 3.63) is 65.7 Å². The monoisotopic (exact) mass is 223 g/mol. The van der Waals surface area contributed by atoms with Crippen molar-refractivity contribution in [3.63, 3.8) is 0 Å². The smallest absolute Gasteiger partial charge is 0.0514 e. The predicted molar refractivity (Wildman–Crippen MR) is 72.2 cm³/mol. The Bertz CT molecular complexity index is 490. The Morgan fingerprint density at radius 1 is 0.882 bits per heavy atom. The quantitative estimate of drug-likeness (QED) is 0.765. The van der Waals surface area contributed by atoms with Gasteiger partial charge in [0.1, 0.15) is 0 Å². The molecule has 0 saturated carbocycles. The molecule has 1 atom stereocenters. The molecule has 2 aromatic rings. The van der Waals surface area contributed by atoms with Crippen LogP contribution in [0.3, 0.4) is 0 Å². The Balaban J connectivity index is 1.91. The summed E-state index contributed by atoms with van der Waals surface area (Å²) in [7, 11) is 0. The van der Waals surface area contributed by atoms with E-state index in [1.54, 1.807) is 0 Å². The molecule has 0 saturated heterocycles. The van der Waals surface area contributed by atoms with Crippen LogP contribution in [-0.4, -0.2) is 0 Å². The SMILES string of the molecule is c1ccc([C@@H]2CCCc3ccccc3N2)cc1. The number of fused-ring (bicyclic) bond motifs is 1. The summed E-state index contributed by atoms with van der Waals surface area (Å²) >= 11 is 0. The molecule has 3 rings (SSSR count). The molecule has 0 bridgehead atoms. The van der Waals surface area contributed by atoms with Gasteiger partial charge in [-0.1, -0.05) is 48.5 Å². The maximum Gasteiger partial charge on any atom is 0.0514 e. The van der Waals surface area contributed by atoms with Gasteiger partial charge < -0.3 is 5.32 Å². The van der Waals surface area contributed by atoms with Crippen molar-refractivity contribution in [2.75, 3.05) is 5.32 Å². The van der Waals surface area contributed by atoms with E-state index in [9.17, 15) is 0 Å². The first-order valence-corrected chi connectivity index (χ1v) is 6.33. The van der Waals surface area contributed by atoms with Gasteiger partial charge in [-0.3, -0.25) is 0 Å². The van der Waals surface area contributed by atoms with E-state index in [1.807, 2.05) is 0 Å². The van der Waals surface area contributed by atoms with Crippen molar-refractivity contribution < 1.29 is 0 Å². The number of nitrogens with one attached hydrogen (secondary N) is 1. The van der Waals surface area contributed by atoms with Crippen LogP contribution < -0.4 is 5.32 Å². The largest absolute Gasteiger partial charge is 0.378 e. The first-order chi connectivity index (χ1) is 8.43. The molecule has 1 aliphatic heterocycles. The molecule has 0 spiro atoms. The van der Waals surface area contributed by atoms with Crippen LogP contribution >= 0.6 is 0 Å². The zero-order valence-corrected chi connectivity index (χ0v) is 9.89. The van der Waals surface area contributed by atoms with Gasteiger partial charge in [-0.25, -0.2) is 0 Å². The van der Waals surface area contributed by atoms with Gasteiger partial charge >= 0.3 is 0 Å². The van der Waals surface area contributed by atoms with E-state index in [4.69, 9.17) is 0 Å². The third kappa shape index (κ3) is 2.19. The van der Waals surface area contributed by atoms with Crippen LogP contribution in [0.15, 0.2) is 54.6 Å². The van der Waals surface area contributed by atoms with Gasteiger partial charge in [0.05, 0.1) is 6.04 Å². The lowest BCUT2D eigenvalue weighted by Gasteiger charge is -2.18. The molecule has 0 aromatic heterocycles. The fourth-order valence-corrected chi connectivity index (χ4v) is 2.57. The number of rotatable bonds is 1. The van der Waals surface area contributed by atoms with Crippen LogP contribution in [0.4, 0.5) is 5.69 Å². The molecule has 0 amide bonds. The summed E-state index contributed by atoms with van der Waals surface area (Å²) in [6, 6.07) is 19.9. The molecule has 0 radical (unpaired) electrons. The van der Waals surface area contributed by atoms with Crippen molar-refractivity contribution in [1.29, 1.82) is 0 Å². The van der Waals surface area contributed by atoms with E-state index in [0.717, 1.165) is 0 Å². The third-order valence-electron chi connectivity index (χ3n) is 3.49. The summed E-state index contributed by atoms with van der Waals surface area (Å²) in [4.78, 5) is 0. The second-order valence-corrected chi connectivity index (χ2v) is 4.66. The van der Waals surface area contributed by atoms with E-state index < -0.39 is 0 Å². The van der Waals surface area contributed by atoms with Gasteiger partial charge in [0, 0.05) is 5.69 Å². The fourth-order valence-electron chi connectivity index (χ4n) is 2.57. The minimum Gasteiger partial charge on any atom is -0.378 e. The summed E-state index contributed by atoms with van der Waals surface area (Å²) in [6.45, 7) is 0. The van der Waals surface area contributed by atoms with E-state index in [1.165, 1.54) is 36.1 Å². The first-order valence-electron chi connectivity index (χ1n) is 6.33. The minimum atomic E-state index is 0.458. The normalized spacial score (nSPS) is 18.9. The molecular weight excluding hydrogens is 206 g/mol. The minimum absolute atomic E-state index is 0.458. The second kappa shape index (κ2) is 4.62. The van der Waals surface area contributed by atoms with E-state index in [-0.39, 0.29) is 0 Å². The molecule has 1 N–H and O–H groups in total. The molecule has 17 heavy (non-hydrogen) atoms. The van der Waals surface area contributed by atoms with Gasteiger partial charge in [-0.15, -0.1) is 0 Å². The lowest BCUT2D eigenvalue weighted by molar-refractivity contribution is 0.663. The van der Waals surface area contributed by atoms with Crippen molar-refractivity contribution in [1.82, 2.24) is 0 Å². The molecule has 0 fully saturated rings. The summed E-state index contributed by atoms with van der Waals surface area (Å²) in [5.74, 6) is 0. The van der Waals surface area contributed by atoms with Gasteiger partial charge in [0.2, 0.25) is 0 Å². The molecule has 86 valence electrons. The van der Waals surface area contributed by atoms with Crippen molar-refractivity contribution in [2.45, 2.75) is 25.3 Å². The van der Waals surface area contributed by atoms with E-state index in [2.05, 4.69) is 59.9 Å². The Morgan fingerprint density at radius 2 is 1.65 bits per heavy atom. The molecular formula is C16H17N. The fraction of sp³-hybridized carbons (Fsp3) is 0.250. The summed E-state index contributed by atoms with van der Waals surface area (Å²) < 4.78 is 0. The second-order valence-electron chi connectivity index (χ2n) is 4.66. The predicted octanol–water partition coefficient (Wildman–Crippen LogP) is 4.18. The lowest BCUT2D eigenvalue weighted by atomic mass is 10.0. The Morgan fingerprint density at radius 3 is 2.53 bits per heavy atom. The molecule has 1 nitrogen and oxygen atoms in total. The Kier molecular flexibility index (Phi) is 2.83. The highest BCUT2D eigenvalue weighted by molar-refractivity contribution is 5.53. The van der Waals surface area contributed by atoms with Crippen LogP contribution in [0, 0.1) is 0 Å². The third-order valence-corrected chi connectivity index (χ3v) is 3.49. The Hall–Kier alpha value is -1.76. The first kappa shape index (κ1) is 10.4. The van der Waals surface area contributed by atoms with Gasteiger partial charge in [0.15, 0.2) is 0 Å². The van der Waals surface area contributed by atoms with Crippen LogP contribution in [0.5, 0.6) is 0 Å². The molecule has 0 unspecified atom stereocenters. The maximum absolute atomic E-state index is 3.68. The number of benzene rings is 2. The number of para-hydroxylation sites is 1. The molecule has 2 aromatic carbocycles. The van der Waals surface area contributed by atoms with Crippen molar-refractivity contribution in [3.8, 4) is 0 Å². The zero-order chi connectivity index (χ0) is 11.5. The van der Waals surface area contributed by atoms with Crippen LogP contribution in [0.25, 0.3) is 0 Å². The molecule has 1 heteroatoms. The average Bonchev–Trinajstić information content (AvgIpc) is 2.62. The van der Waals surface area contributed by atoms with Gasteiger partial charge in [-0.05, 0) is 36.5 Å². The van der Waals surface area contributed by atoms with Crippen LogP contribution in [0.1, 0.15) is 30.0 Å². The van der Waals surface area contributed by atoms with Crippen molar-refractivity contribution >= 4 is 5.69 Å². The molecule has 0 aliphatic carbocycles. The topological polar surface area (TPSA) is 12.0 Å². The summed E-state index contributed by atoms with van der Waals surface area (Å²) in [5.41, 5.74) is 4.15. The highest BCUT2D eigenvalue weighted by Crippen LogP contribution is 2.30. The molecule has 1 heterocycles. The van der Waals surface area contributed by atoms with Gasteiger partial charge in [-0.2, -0.15) is 0 Å². The highest BCUT2D eigenvalue weighted by atomic mass is 14.9. The summed E-state index contributed by atoms with van der Waals surface area (Å²) in [6.07, 6.45) is 3.65. The van der Waals surface area contributed by atoms with Crippen LogP contribution in [-0.2, 0) is 6.42 Å².